The van der Waals surface area contributed by atoms with Crippen LogP contribution in [0, 0.1) is 5.82 Å². The van der Waals surface area contributed by atoms with Crippen molar-refractivity contribution in [1.82, 2.24) is 4.98 Å². The molecule has 1 atom stereocenters. The van der Waals surface area contributed by atoms with Gasteiger partial charge < -0.3 is 5.32 Å². The molecular weight excluding hydrogens is 203 g/mol. The first kappa shape index (κ1) is 9.33. The number of nitrogens with one attached hydrogen (secondary N) is 1. The predicted molar refractivity (Wildman–Crippen MR) is 60.7 cm³/mol. The molecule has 0 saturated heterocycles. The average molecular weight is 214 g/mol. The third kappa shape index (κ3) is 1.45. The van der Waals surface area contributed by atoms with Crippen LogP contribution in [0.25, 0.3) is 0 Å². The van der Waals surface area contributed by atoms with Gasteiger partial charge in [0.15, 0.2) is 0 Å². The van der Waals surface area contributed by atoms with Crippen LogP contribution in [0.3, 0.4) is 0 Å². The van der Waals surface area contributed by atoms with E-state index in [0.717, 1.165) is 17.5 Å². The van der Waals surface area contributed by atoms with Crippen molar-refractivity contribution in [3.8, 4) is 0 Å². The summed E-state index contributed by atoms with van der Waals surface area (Å²) in [6.45, 7) is 0. The Bertz CT molecular complexity index is 511. The van der Waals surface area contributed by atoms with Crippen molar-refractivity contribution in [3.05, 3.63) is 59.7 Å². The Balaban J connectivity index is 1.94. The van der Waals surface area contributed by atoms with Crippen molar-refractivity contribution >= 4 is 5.69 Å². The van der Waals surface area contributed by atoms with E-state index in [1.54, 1.807) is 18.5 Å². The summed E-state index contributed by atoms with van der Waals surface area (Å²) in [4.78, 5) is 3.98. The van der Waals surface area contributed by atoms with Crippen LogP contribution in [0.5, 0.6) is 0 Å². The Morgan fingerprint density at radius 2 is 2.00 bits per heavy atom. The van der Waals surface area contributed by atoms with Gasteiger partial charge in [0.1, 0.15) is 5.82 Å². The number of rotatable bonds is 1. The fourth-order valence-electron chi connectivity index (χ4n) is 2.14. The topological polar surface area (TPSA) is 24.9 Å². The molecule has 2 aromatic rings. The van der Waals surface area contributed by atoms with Gasteiger partial charge in [-0.25, -0.2) is 4.39 Å². The zero-order valence-corrected chi connectivity index (χ0v) is 8.65. The summed E-state index contributed by atoms with van der Waals surface area (Å²) in [5.41, 5.74) is 2.83. The van der Waals surface area contributed by atoms with Crippen LogP contribution in [0.15, 0.2) is 42.7 Å². The van der Waals surface area contributed by atoms with Gasteiger partial charge in [-0.3, -0.25) is 4.98 Å². The number of fused-ring (bicyclic) bond motifs is 1. The van der Waals surface area contributed by atoms with Crippen LogP contribution in [0.4, 0.5) is 10.1 Å². The highest BCUT2D eigenvalue weighted by Gasteiger charge is 2.23. The van der Waals surface area contributed by atoms with Crippen molar-refractivity contribution in [3.63, 3.8) is 0 Å². The molecular formula is C13H11FN2. The average Bonchev–Trinajstić information content (AvgIpc) is 2.76. The van der Waals surface area contributed by atoms with E-state index in [0.29, 0.717) is 5.69 Å². The zero-order chi connectivity index (χ0) is 11.0. The van der Waals surface area contributed by atoms with Crippen LogP contribution in [-0.2, 0) is 6.42 Å². The van der Waals surface area contributed by atoms with Gasteiger partial charge in [-0.15, -0.1) is 0 Å². The first-order valence-electron chi connectivity index (χ1n) is 5.28. The van der Waals surface area contributed by atoms with Crippen molar-refractivity contribution < 1.29 is 4.39 Å². The molecule has 16 heavy (non-hydrogen) atoms. The molecule has 80 valence electrons. The lowest BCUT2D eigenvalue weighted by atomic mass is 10.0. The van der Waals surface area contributed by atoms with Gasteiger partial charge in [-0.2, -0.15) is 0 Å². The Hall–Kier alpha value is -1.90. The van der Waals surface area contributed by atoms with Crippen LogP contribution in [0.1, 0.15) is 17.2 Å². The van der Waals surface area contributed by atoms with Gasteiger partial charge >= 0.3 is 0 Å². The summed E-state index contributed by atoms with van der Waals surface area (Å²) in [7, 11) is 0. The summed E-state index contributed by atoms with van der Waals surface area (Å²) in [6, 6.07) is 9.29. The molecule has 0 amide bonds. The van der Waals surface area contributed by atoms with Crippen LogP contribution in [0.2, 0.25) is 0 Å². The molecule has 1 aliphatic rings. The maximum Gasteiger partial charge on any atom is 0.146 e. The van der Waals surface area contributed by atoms with Gasteiger partial charge in [0, 0.05) is 12.4 Å². The molecule has 0 fully saturated rings. The fourth-order valence-corrected chi connectivity index (χ4v) is 2.14. The zero-order valence-electron chi connectivity index (χ0n) is 8.65. The minimum atomic E-state index is -0.172. The standard InChI is InChI=1S/C13H11FN2/c14-11-3-1-2-10-8-12(16-13(10)11)9-4-6-15-7-5-9/h1-7,12,16H,8H2. The van der Waals surface area contributed by atoms with E-state index >= 15 is 0 Å². The highest BCUT2D eigenvalue weighted by Crippen LogP contribution is 2.35. The number of hydrogen-bond acceptors (Lipinski definition) is 2. The Kier molecular flexibility index (Phi) is 2.10. The molecule has 0 saturated carbocycles. The smallest absolute Gasteiger partial charge is 0.146 e. The van der Waals surface area contributed by atoms with Crippen LogP contribution >= 0.6 is 0 Å². The summed E-state index contributed by atoms with van der Waals surface area (Å²) >= 11 is 0. The van der Waals surface area contributed by atoms with Crippen molar-refractivity contribution in [2.75, 3.05) is 5.32 Å². The molecule has 1 N–H and O–H groups in total. The van der Waals surface area contributed by atoms with Gasteiger partial charge in [0.25, 0.3) is 0 Å². The highest BCUT2D eigenvalue weighted by atomic mass is 19.1. The molecule has 0 bridgehead atoms. The second-order valence-electron chi connectivity index (χ2n) is 3.96. The summed E-state index contributed by atoms with van der Waals surface area (Å²) in [6.07, 6.45) is 4.35. The highest BCUT2D eigenvalue weighted by molar-refractivity contribution is 5.59. The molecule has 0 spiro atoms. The van der Waals surface area contributed by atoms with E-state index in [2.05, 4.69) is 10.3 Å². The number of pyridine rings is 1. The largest absolute Gasteiger partial charge is 0.375 e. The Morgan fingerprint density at radius 3 is 2.75 bits per heavy atom. The Morgan fingerprint density at radius 1 is 1.19 bits per heavy atom. The van der Waals surface area contributed by atoms with Crippen LogP contribution < -0.4 is 5.32 Å². The van der Waals surface area contributed by atoms with E-state index in [-0.39, 0.29) is 11.9 Å². The van der Waals surface area contributed by atoms with Gasteiger partial charge in [0.2, 0.25) is 0 Å². The number of hydrogen-bond donors (Lipinski definition) is 1. The van der Waals surface area contributed by atoms with Gasteiger partial charge in [0.05, 0.1) is 11.7 Å². The molecule has 1 aliphatic heterocycles. The molecule has 2 nitrogen and oxygen atoms in total. The number of nitrogens with zero attached hydrogens (tertiary/aromatic N) is 1. The molecule has 1 aromatic carbocycles. The lowest BCUT2D eigenvalue weighted by molar-refractivity contribution is 0.630. The predicted octanol–water partition coefficient (Wildman–Crippen LogP) is 2.93. The molecule has 2 heterocycles. The van der Waals surface area contributed by atoms with E-state index in [1.807, 2.05) is 18.2 Å². The third-order valence-corrected chi connectivity index (χ3v) is 2.95. The minimum Gasteiger partial charge on any atom is -0.375 e. The number of halogens is 1. The van der Waals surface area contributed by atoms with E-state index in [9.17, 15) is 4.39 Å². The molecule has 1 unspecified atom stereocenters. The monoisotopic (exact) mass is 214 g/mol. The number of anilines is 1. The first-order valence-corrected chi connectivity index (χ1v) is 5.28. The van der Waals surface area contributed by atoms with Gasteiger partial charge in [-0.05, 0) is 35.7 Å². The molecule has 3 heteroatoms. The quantitative estimate of drug-likeness (QED) is 0.789. The van der Waals surface area contributed by atoms with Crippen molar-refractivity contribution in [2.45, 2.75) is 12.5 Å². The minimum absolute atomic E-state index is 0.162. The summed E-state index contributed by atoms with van der Waals surface area (Å²) in [5.74, 6) is -0.172. The Labute approximate surface area is 93.1 Å². The van der Waals surface area contributed by atoms with E-state index in [1.165, 1.54) is 6.07 Å². The first-order chi connectivity index (χ1) is 7.84. The van der Waals surface area contributed by atoms with Crippen molar-refractivity contribution in [2.24, 2.45) is 0 Å². The molecule has 0 aliphatic carbocycles. The lowest BCUT2D eigenvalue weighted by Crippen LogP contribution is -2.05. The van der Waals surface area contributed by atoms with E-state index in [4.69, 9.17) is 0 Å². The van der Waals surface area contributed by atoms with E-state index < -0.39 is 0 Å². The third-order valence-electron chi connectivity index (χ3n) is 2.95. The fraction of sp³-hybridized carbons (Fsp3) is 0.154. The lowest BCUT2D eigenvalue weighted by Gasteiger charge is -2.10. The molecule has 1 aromatic heterocycles. The number of aromatic nitrogens is 1. The van der Waals surface area contributed by atoms with Gasteiger partial charge in [-0.1, -0.05) is 12.1 Å². The molecule has 0 radical (unpaired) electrons. The maximum atomic E-state index is 13.5. The SMILES string of the molecule is Fc1cccc2c1NC(c1ccncc1)C2. The molecule has 3 rings (SSSR count). The second-order valence-corrected chi connectivity index (χ2v) is 3.96. The summed E-state index contributed by atoms with van der Waals surface area (Å²) in [5, 5.41) is 3.22. The van der Waals surface area contributed by atoms with Crippen LogP contribution in [-0.4, -0.2) is 4.98 Å². The maximum absolute atomic E-state index is 13.5. The normalized spacial score (nSPS) is 17.9. The summed E-state index contributed by atoms with van der Waals surface area (Å²) < 4.78 is 13.5. The second kappa shape index (κ2) is 3.59. The number of benzene rings is 1. The van der Waals surface area contributed by atoms with Crippen molar-refractivity contribution in [1.29, 1.82) is 0 Å². The number of para-hydroxylation sites is 1.